The van der Waals surface area contributed by atoms with Crippen molar-refractivity contribution in [3.63, 3.8) is 0 Å². The molecule has 3 N–H and O–H groups in total. The van der Waals surface area contributed by atoms with Crippen LogP contribution < -0.4 is 11.1 Å². The van der Waals surface area contributed by atoms with Crippen molar-refractivity contribution >= 4 is 5.91 Å². The number of nitrogens with one attached hydrogen (secondary N) is 1. The summed E-state index contributed by atoms with van der Waals surface area (Å²) in [6.45, 7) is 8.32. The van der Waals surface area contributed by atoms with Crippen LogP contribution >= 0.6 is 0 Å². The molecule has 24 heavy (non-hydrogen) atoms. The van der Waals surface area contributed by atoms with E-state index in [4.69, 9.17) is 19.9 Å². The Hall–Kier alpha value is -0.690. The maximum Gasteiger partial charge on any atom is 0.222 e. The second-order valence-corrected chi connectivity index (χ2v) is 6.15. The molecule has 144 valence electrons. The van der Waals surface area contributed by atoms with E-state index in [0.717, 1.165) is 26.0 Å². The second-order valence-electron chi connectivity index (χ2n) is 6.15. The van der Waals surface area contributed by atoms with Crippen LogP contribution in [0.5, 0.6) is 0 Å². The van der Waals surface area contributed by atoms with Gasteiger partial charge < -0.3 is 25.3 Å². The molecule has 0 aromatic rings. The van der Waals surface area contributed by atoms with Gasteiger partial charge in [-0.1, -0.05) is 25.7 Å². The van der Waals surface area contributed by atoms with Crippen molar-refractivity contribution < 1.29 is 19.0 Å². The van der Waals surface area contributed by atoms with E-state index >= 15 is 0 Å². The van der Waals surface area contributed by atoms with Gasteiger partial charge in [-0.05, 0) is 26.7 Å². The summed E-state index contributed by atoms with van der Waals surface area (Å²) >= 11 is 0. The highest BCUT2D eigenvalue weighted by Gasteiger charge is 2.00. The number of rotatable bonds is 18. The summed E-state index contributed by atoms with van der Waals surface area (Å²) in [6, 6.07) is 0. The van der Waals surface area contributed by atoms with Gasteiger partial charge in [-0.2, -0.15) is 0 Å². The van der Waals surface area contributed by atoms with Gasteiger partial charge in [-0.3, -0.25) is 4.79 Å². The highest BCUT2D eigenvalue weighted by molar-refractivity contribution is 5.75. The van der Waals surface area contributed by atoms with Gasteiger partial charge in [0.2, 0.25) is 5.91 Å². The maximum atomic E-state index is 11.6. The molecule has 0 radical (unpaired) electrons. The molecule has 0 heterocycles. The predicted octanol–water partition coefficient (Wildman–Crippen LogP) is 2.25. The number of hydrogen-bond donors (Lipinski definition) is 2. The van der Waals surface area contributed by atoms with E-state index in [1.165, 1.54) is 25.7 Å². The molecule has 0 unspecified atom stereocenters. The lowest BCUT2D eigenvalue weighted by atomic mass is 10.1. The quantitative estimate of drug-likeness (QED) is 0.372. The summed E-state index contributed by atoms with van der Waals surface area (Å²) in [5.41, 5.74) is 5.30. The van der Waals surface area contributed by atoms with E-state index in [-0.39, 0.29) is 5.91 Å². The average molecular weight is 347 g/mol. The monoisotopic (exact) mass is 346 g/mol. The first-order valence-corrected chi connectivity index (χ1v) is 9.40. The highest BCUT2D eigenvalue weighted by Crippen LogP contribution is 2.05. The van der Waals surface area contributed by atoms with Crippen LogP contribution in [0.2, 0.25) is 0 Å². The van der Waals surface area contributed by atoms with Crippen LogP contribution in [0.15, 0.2) is 0 Å². The zero-order valence-electron chi connectivity index (χ0n) is 15.7. The minimum Gasteiger partial charge on any atom is -0.379 e. The summed E-state index contributed by atoms with van der Waals surface area (Å²) in [4.78, 5) is 11.6. The largest absolute Gasteiger partial charge is 0.379 e. The molecule has 0 fully saturated rings. The van der Waals surface area contributed by atoms with E-state index in [0.29, 0.717) is 45.5 Å². The van der Waals surface area contributed by atoms with Crippen molar-refractivity contribution in [1.29, 1.82) is 0 Å². The SMILES string of the molecule is CC(C)OCCCCCCCCNC(=O)CCOCCOCCN. The normalized spacial score (nSPS) is 11.2. The van der Waals surface area contributed by atoms with E-state index in [9.17, 15) is 4.79 Å². The molecule has 0 rings (SSSR count). The lowest BCUT2D eigenvalue weighted by Gasteiger charge is -2.07. The zero-order chi connectivity index (χ0) is 17.9. The minimum atomic E-state index is 0.0590. The molecule has 0 aliphatic heterocycles. The Kier molecular flexibility index (Phi) is 18.1. The van der Waals surface area contributed by atoms with Crippen molar-refractivity contribution in [2.24, 2.45) is 5.73 Å². The number of hydrogen-bond acceptors (Lipinski definition) is 5. The van der Waals surface area contributed by atoms with Gasteiger partial charge in [0.1, 0.15) is 0 Å². The molecule has 0 aromatic heterocycles. The van der Waals surface area contributed by atoms with Gasteiger partial charge in [0.25, 0.3) is 0 Å². The Morgan fingerprint density at radius 1 is 0.875 bits per heavy atom. The predicted molar refractivity (Wildman–Crippen MR) is 97.1 cm³/mol. The van der Waals surface area contributed by atoms with Crippen molar-refractivity contribution in [1.82, 2.24) is 5.32 Å². The molecule has 1 amide bonds. The van der Waals surface area contributed by atoms with Crippen LogP contribution in [0.3, 0.4) is 0 Å². The van der Waals surface area contributed by atoms with E-state index in [1.54, 1.807) is 0 Å². The minimum absolute atomic E-state index is 0.0590. The fourth-order valence-electron chi connectivity index (χ4n) is 2.14. The third-order valence-electron chi connectivity index (χ3n) is 3.45. The molecule has 0 saturated heterocycles. The summed E-state index contributed by atoms with van der Waals surface area (Å²) in [7, 11) is 0. The molecule has 0 aliphatic rings. The number of unbranched alkanes of at least 4 members (excludes halogenated alkanes) is 5. The Bertz CT molecular complexity index is 276. The van der Waals surface area contributed by atoms with Crippen LogP contribution in [0.25, 0.3) is 0 Å². The molecule has 0 bridgehead atoms. The fraction of sp³-hybridized carbons (Fsp3) is 0.944. The molecule has 0 atom stereocenters. The van der Waals surface area contributed by atoms with Crippen LogP contribution in [0.1, 0.15) is 58.8 Å². The summed E-state index contributed by atoms with van der Waals surface area (Å²) in [6.07, 6.45) is 7.80. The van der Waals surface area contributed by atoms with Gasteiger partial charge >= 0.3 is 0 Å². The van der Waals surface area contributed by atoms with Gasteiger partial charge in [0.05, 0.1) is 32.5 Å². The summed E-state index contributed by atoms with van der Waals surface area (Å²) in [5.74, 6) is 0.0590. The van der Waals surface area contributed by atoms with E-state index in [2.05, 4.69) is 19.2 Å². The topological polar surface area (TPSA) is 82.8 Å². The first kappa shape index (κ1) is 23.3. The molecular formula is C18H38N2O4. The molecule has 6 nitrogen and oxygen atoms in total. The van der Waals surface area contributed by atoms with Crippen molar-refractivity contribution in [2.75, 3.05) is 46.1 Å². The second kappa shape index (κ2) is 18.6. The summed E-state index contributed by atoms with van der Waals surface area (Å²) in [5, 5.41) is 2.93. The van der Waals surface area contributed by atoms with Gasteiger partial charge in [0, 0.05) is 26.1 Å². The van der Waals surface area contributed by atoms with Crippen LogP contribution in [-0.4, -0.2) is 58.1 Å². The number of amides is 1. The molecular weight excluding hydrogens is 308 g/mol. The number of nitrogens with two attached hydrogens (primary N) is 1. The lowest BCUT2D eigenvalue weighted by molar-refractivity contribution is -0.122. The van der Waals surface area contributed by atoms with E-state index in [1.807, 2.05) is 0 Å². The third-order valence-corrected chi connectivity index (χ3v) is 3.45. The molecule has 0 spiro atoms. The zero-order valence-corrected chi connectivity index (χ0v) is 15.7. The Morgan fingerprint density at radius 2 is 1.50 bits per heavy atom. The van der Waals surface area contributed by atoms with Crippen LogP contribution in [-0.2, 0) is 19.0 Å². The standard InChI is InChI=1S/C18H38N2O4/c1-17(2)24-12-8-6-4-3-5-7-11-20-18(21)9-13-22-15-16-23-14-10-19/h17H,3-16,19H2,1-2H3,(H,20,21). The smallest absolute Gasteiger partial charge is 0.222 e. The molecule has 0 saturated carbocycles. The molecule has 0 aromatic carbocycles. The van der Waals surface area contributed by atoms with Crippen molar-refractivity contribution in [3.8, 4) is 0 Å². The summed E-state index contributed by atoms with van der Waals surface area (Å²) < 4.78 is 16.0. The van der Waals surface area contributed by atoms with Crippen molar-refractivity contribution in [3.05, 3.63) is 0 Å². The number of carbonyl (C=O) groups is 1. The van der Waals surface area contributed by atoms with Crippen LogP contribution in [0.4, 0.5) is 0 Å². The Morgan fingerprint density at radius 3 is 2.17 bits per heavy atom. The number of ether oxygens (including phenoxy) is 3. The fourth-order valence-corrected chi connectivity index (χ4v) is 2.14. The molecule has 6 heteroatoms. The van der Waals surface area contributed by atoms with Crippen LogP contribution in [0, 0.1) is 0 Å². The van der Waals surface area contributed by atoms with Gasteiger partial charge in [-0.25, -0.2) is 0 Å². The van der Waals surface area contributed by atoms with Crippen molar-refractivity contribution in [2.45, 2.75) is 64.9 Å². The first-order valence-electron chi connectivity index (χ1n) is 9.40. The highest BCUT2D eigenvalue weighted by atomic mass is 16.5. The maximum absolute atomic E-state index is 11.6. The first-order chi connectivity index (χ1) is 11.7. The molecule has 0 aliphatic carbocycles. The average Bonchev–Trinajstić information content (AvgIpc) is 2.55. The number of carbonyl (C=O) groups excluding carboxylic acids is 1. The van der Waals surface area contributed by atoms with Gasteiger partial charge in [0.15, 0.2) is 0 Å². The van der Waals surface area contributed by atoms with Gasteiger partial charge in [-0.15, -0.1) is 0 Å². The Balaban J connectivity index is 3.15. The lowest BCUT2D eigenvalue weighted by Crippen LogP contribution is -2.25. The van der Waals surface area contributed by atoms with E-state index < -0.39 is 0 Å². The third kappa shape index (κ3) is 19.4. The Labute approximate surface area is 147 Å².